The minimum absolute atomic E-state index is 0.0222. The number of carbonyl (C=O) groups excluding carboxylic acids is 1. The Balaban J connectivity index is 1.63. The first-order valence-electron chi connectivity index (χ1n) is 8.97. The number of nitrogens with zero attached hydrogens (tertiary/aromatic N) is 2. The van der Waals surface area contributed by atoms with Crippen molar-refractivity contribution in [3.8, 4) is 11.1 Å². The van der Waals surface area contributed by atoms with Gasteiger partial charge in [0.15, 0.2) is 0 Å². The Bertz CT molecular complexity index is 775. The zero-order chi connectivity index (χ0) is 18.7. The highest BCUT2D eigenvalue weighted by atomic mass is 35.5. The number of benzene rings is 2. The van der Waals surface area contributed by atoms with E-state index in [4.69, 9.17) is 11.6 Å². The van der Waals surface area contributed by atoms with Crippen molar-refractivity contribution in [2.24, 2.45) is 0 Å². The van der Waals surface area contributed by atoms with Crippen molar-refractivity contribution in [1.29, 1.82) is 0 Å². The predicted octanol–water partition coefficient (Wildman–Crippen LogP) is 3.29. The molecule has 1 atom stereocenters. The SMILES string of the molecule is Cc1cc(Cl)ccc1-c1ccc(C(=O)NCC2CN(C)CCN2C)cc1. The zero-order valence-corrected chi connectivity index (χ0v) is 16.4. The second-order valence-electron chi connectivity index (χ2n) is 7.14. The Kier molecular flexibility index (Phi) is 5.97. The summed E-state index contributed by atoms with van der Waals surface area (Å²) in [6, 6.07) is 14.0. The number of carbonyl (C=O) groups is 1. The van der Waals surface area contributed by atoms with Crippen LogP contribution in [0.1, 0.15) is 15.9 Å². The number of hydrogen-bond acceptors (Lipinski definition) is 3. The summed E-state index contributed by atoms with van der Waals surface area (Å²) < 4.78 is 0. The minimum atomic E-state index is -0.0222. The van der Waals surface area contributed by atoms with E-state index in [0.29, 0.717) is 18.2 Å². The number of nitrogens with one attached hydrogen (secondary N) is 1. The third kappa shape index (κ3) is 4.44. The van der Waals surface area contributed by atoms with Gasteiger partial charge in [0.05, 0.1) is 0 Å². The Morgan fingerprint density at radius 3 is 2.58 bits per heavy atom. The average Bonchev–Trinajstić information content (AvgIpc) is 2.62. The molecule has 4 nitrogen and oxygen atoms in total. The zero-order valence-electron chi connectivity index (χ0n) is 15.6. The van der Waals surface area contributed by atoms with Gasteiger partial charge in [0.1, 0.15) is 0 Å². The summed E-state index contributed by atoms with van der Waals surface area (Å²) in [5.41, 5.74) is 4.03. The smallest absolute Gasteiger partial charge is 0.251 e. The Morgan fingerprint density at radius 2 is 1.88 bits per heavy atom. The van der Waals surface area contributed by atoms with Crippen LogP contribution in [0.3, 0.4) is 0 Å². The molecule has 0 saturated carbocycles. The molecule has 3 rings (SSSR count). The summed E-state index contributed by atoms with van der Waals surface area (Å²) in [7, 11) is 4.24. The van der Waals surface area contributed by atoms with Crippen LogP contribution in [0.4, 0.5) is 0 Å². The fraction of sp³-hybridized carbons (Fsp3) is 0.381. The molecule has 1 aliphatic heterocycles. The van der Waals surface area contributed by atoms with Crippen LogP contribution < -0.4 is 5.32 Å². The van der Waals surface area contributed by atoms with Gasteiger partial charge in [-0.1, -0.05) is 29.8 Å². The van der Waals surface area contributed by atoms with Crippen LogP contribution >= 0.6 is 11.6 Å². The second-order valence-corrected chi connectivity index (χ2v) is 7.58. The highest BCUT2D eigenvalue weighted by Crippen LogP contribution is 2.26. The maximum atomic E-state index is 12.5. The first-order valence-corrected chi connectivity index (χ1v) is 9.35. The molecule has 5 heteroatoms. The number of rotatable bonds is 4. The number of hydrogen-bond donors (Lipinski definition) is 1. The molecule has 1 unspecified atom stereocenters. The third-order valence-corrected chi connectivity index (χ3v) is 5.36. The van der Waals surface area contributed by atoms with Gasteiger partial charge in [0, 0.05) is 42.8 Å². The van der Waals surface area contributed by atoms with Gasteiger partial charge in [0.2, 0.25) is 0 Å². The Morgan fingerprint density at radius 1 is 1.15 bits per heavy atom. The number of likely N-dealkylation sites (N-methyl/N-ethyl adjacent to an activating group) is 2. The lowest BCUT2D eigenvalue weighted by Gasteiger charge is -2.37. The molecule has 0 aromatic heterocycles. The van der Waals surface area contributed by atoms with Gasteiger partial charge >= 0.3 is 0 Å². The Labute approximate surface area is 160 Å². The lowest BCUT2D eigenvalue weighted by Crippen LogP contribution is -2.54. The van der Waals surface area contributed by atoms with Gasteiger partial charge in [-0.2, -0.15) is 0 Å². The van der Waals surface area contributed by atoms with E-state index in [1.807, 2.05) is 49.4 Å². The monoisotopic (exact) mass is 371 g/mol. The van der Waals surface area contributed by atoms with Crippen molar-refractivity contribution < 1.29 is 4.79 Å². The molecule has 0 radical (unpaired) electrons. The van der Waals surface area contributed by atoms with E-state index < -0.39 is 0 Å². The Hall–Kier alpha value is -1.88. The first-order chi connectivity index (χ1) is 12.4. The van der Waals surface area contributed by atoms with Crippen molar-refractivity contribution in [3.05, 3.63) is 58.6 Å². The molecule has 138 valence electrons. The summed E-state index contributed by atoms with van der Waals surface area (Å²) in [6.45, 7) is 5.79. The minimum Gasteiger partial charge on any atom is -0.350 e. The topological polar surface area (TPSA) is 35.6 Å². The third-order valence-electron chi connectivity index (χ3n) is 5.12. The molecule has 2 aromatic rings. The van der Waals surface area contributed by atoms with Crippen LogP contribution in [0.5, 0.6) is 0 Å². The van der Waals surface area contributed by atoms with E-state index in [9.17, 15) is 4.79 Å². The van der Waals surface area contributed by atoms with Crippen LogP contribution in [-0.4, -0.2) is 62.0 Å². The first kappa shape index (κ1) is 18.9. The molecule has 0 spiro atoms. The molecule has 1 amide bonds. The van der Waals surface area contributed by atoms with E-state index in [-0.39, 0.29) is 5.91 Å². The number of aryl methyl sites for hydroxylation is 1. The number of halogens is 1. The maximum Gasteiger partial charge on any atom is 0.251 e. The van der Waals surface area contributed by atoms with E-state index in [2.05, 4.69) is 29.2 Å². The molecule has 1 saturated heterocycles. The summed E-state index contributed by atoms with van der Waals surface area (Å²) in [4.78, 5) is 17.1. The van der Waals surface area contributed by atoms with Crippen LogP contribution in [0.15, 0.2) is 42.5 Å². The van der Waals surface area contributed by atoms with Gasteiger partial charge in [-0.15, -0.1) is 0 Å². The van der Waals surface area contributed by atoms with Gasteiger partial charge in [0.25, 0.3) is 5.91 Å². The molecule has 1 aliphatic rings. The molecule has 0 aliphatic carbocycles. The lowest BCUT2D eigenvalue weighted by molar-refractivity contribution is 0.0881. The maximum absolute atomic E-state index is 12.5. The van der Waals surface area contributed by atoms with E-state index >= 15 is 0 Å². The highest BCUT2D eigenvalue weighted by Gasteiger charge is 2.22. The highest BCUT2D eigenvalue weighted by molar-refractivity contribution is 6.30. The molecule has 1 fully saturated rings. The lowest BCUT2D eigenvalue weighted by atomic mass is 9.99. The van der Waals surface area contributed by atoms with Gasteiger partial charge < -0.3 is 10.2 Å². The van der Waals surface area contributed by atoms with Crippen molar-refractivity contribution in [3.63, 3.8) is 0 Å². The van der Waals surface area contributed by atoms with E-state index in [1.165, 1.54) is 0 Å². The fourth-order valence-corrected chi connectivity index (χ4v) is 3.61. The van der Waals surface area contributed by atoms with Gasteiger partial charge in [-0.25, -0.2) is 0 Å². The quantitative estimate of drug-likeness (QED) is 0.895. The molecule has 26 heavy (non-hydrogen) atoms. The van der Waals surface area contributed by atoms with Crippen molar-refractivity contribution in [1.82, 2.24) is 15.1 Å². The fourth-order valence-electron chi connectivity index (χ4n) is 3.39. The molecule has 1 N–H and O–H groups in total. The van der Waals surface area contributed by atoms with E-state index in [0.717, 1.165) is 41.3 Å². The van der Waals surface area contributed by atoms with Gasteiger partial charge in [-0.3, -0.25) is 9.69 Å². The van der Waals surface area contributed by atoms with Crippen LogP contribution in [-0.2, 0) is 0 Å². The average molecular weight is 372 g/mol. The van der Waals surface area contributed by atoms with Crippen molar-refractivity contribution in [2.45, 2.75) is 13.0 Å². The van der Waals surface area contributed by atoms with E-state index in [1.54, 1.807) is 0 Å². The summed E-state index contributed by atoms with van der Waals surface area (Å²) in [5.74, 6) is -0.0222. The number of amides is 1. The predicted molar refractivity (Wildman–Crippen MR) is 108 cm³/mol. The van der Waals surface area contributed by atoms with Gasteiger partial charge in [-0.05, 0) is 62.0 Å². The van der Waals surface area contributed by atoms with Crippen LogP contribution in [0, 0.1) is 6.92 Å². The van der Waals surface area contributed by atoms with Crippen LogP contribution in [0.25, 0.3) is 11.1 Å². The van der Waals surface area contributed by atoms with Crippen molar-refractivity contribution in [2.75, 3.05) is 40.3 Å². The largest absolute Gasteiger partial charge is 0.350 e. The number of piperazine rings is 1. The molecule has 0 bridgehead atoms. The summed E-state index contributed by atoms with van der Waals surface area (Å²) >= 11 is 6.03. The van der Waals surface area contributed by atoms with Crippen molar-refractivity contribution >= 4 is 17.5 Å². The molecule has 2 aromatic carbocycles. The molecule has 1 heterocycles. The molecular formula is C21H26ClN3O. The molecular weight excluding hydrogens is 346 g/mol. The normalized spacial score (nSPS) is 18.7. The summed E-state index contributed by atoms with van der Waals surface area (Å²) in [6.07, 6.45) is 0. The second kappa shape index (κ2) is 8.21. The van der Waals surface area contributed by atoms with Crippen LogP contribution in [0.2, 0.25) is 5.02 Å². The standard InChI is InChI=1S/C21H26ClN3O/c1-15-12-18(22)8-9-20(15)16-4-6-17(7-5-16)21(26)23-13-19-14-24(2)10-11-25(19)3/h4-9,12,19H,10-11,13-14H2,1-3H3,(H,23,26). The summed E-state index contributed by atoms with van der Waals surface area (Å²) in [5, 5.41) is 3.81.